The van der Waals surface area contributed by atoms with E-state index in [1.54, 1.807) is 12.1 Å². The van der Waals surface area contributed by atoms with Crippen LogP contribution in [0.1, 0.15) is 6.92 Å². The molecule has 0 aromatic heterocycles. The lowest BCUT2D eigenvalue weighted by atomic mass is 10.3. The first kappa shape index (κ1) is 14.8. The lowest BCUT2D eigenvalue weighted by Crippen LogP contribution is -2.31. The van der Waals surface area contributed by atoms with Crippen LogP contribution in [-0.2, 0) is 14.6 Å². The summed E-state index contributed by atoms with van der Waals surface area (Å²) in [5, 5.41) is 1.71. The molecule has 0 heterocycles. The molecule has 1 unspecified atom stereocenters. The fourth-order valence-corrected chi connectivity index (χ4v) is 1.89. The summed E-state index contributed by atoms with van der Waals surface area (Å²) in [5.74, 6) is -0.121. The van der Waals surface area contributed by atoms with Gasteiger partial charge < -0.3 is 10.1 Å². The fourth-order valence-electron chi connectivity index (χ4n) is 1.18. The number of anilines is 1. The Morgan fingerprint density at radius 2 is 2.06 bits per heavy atom. The lowest BCUT2D eigenvalue weighted by Gasteiger charge is -2.11. The van der Waals surface area contributed by atoms with Crippen LogP contribution in [0.4, 0.5) is 5.69 Å². The standard InChI is InChI=1S/C11H14ClNO4S/c1-7(18(3,15)16)11(14)13-8-4-5-10(17-2)9(12)6-8/h4-7H,1-3H3,(H,13,14). The number of benzene rings is 1. The number of sulfone groups is 1. The molecule has 0 radical (unpaired) electrons. The molecule has 0 saturated carbocycles. The largest absolute Gasteiger partial charge is 0.495 e. The predicted molar refractivity (Wildman–Crippen MR) is 70.9 cm³/mol. The number of amides is 1. The molecule has 1 N–H and O–H groups in total. The Morgan fingerprint density at radius 3 is 2.50 bits per heavy atom. The average molecular weight is 292 g/mol. The second kappa shape index (κ2) is 5.58. The van der Waals surface area contributed by atoms with Crippen LogP contribution in [0.3, 0.4) is 0 Å². The first-order valence-electron chi connectivity index (χ1n) is 5.09. The molecule has 0 aliphatic rings. The predicted octanol–water partition coefficient (Wildman–Crippen LogP) is 1.72. The zero-order chi connectivity index (χ0) is 13.9. The molecule has 1 atom stereocenters. The van der Waals surface area contributed by atoms with Crippen molar-refractivity contribution in [3.8, 4) is 5.75 Å². The molecule has 1 rings (SSSR count). The van der Waals surface area contributed by atoms with E-state index in [9.17, 15) is 13.2 Å². The molecular weight excluding hydrogens is 278 g/mol. The van der Waals surface area contributed by atoms with Crippen LogP contribution in [0.15, 0.2) is 18.2 Å². The number of nitrogens with one attached hydrogen (secondary N) is 1. The van der Waals surface area contributed by atoms with Gasteiger partial charge in [0.2, 0.25) is 5.91 Å². The first-order chi connectivity index (χ1) is 8.25. The zero-order valence-electron chi connectivity index (χ0n) is 10.2. The maximum absolute atomic E-state index is 11.7. The highest BCUT2D eigenvalue weighted by Gasteiger charge is 2.23. The van der Waals surface area contributed by atoms with Crippen LogP contribution in [0.2, 0.25) is 5.02 Å². The summed E-state index contributed by atoms with van der Waals surface area (Å²) < 4.78 is 27.4. The minimum Gasteiger partial charge on any atom is -0.495 e. The number of rotatable bonds is 4. The van der Waals surface area contributed by atoms with Gasteiger partial charge in [-0.25, -0.2) is 8.42 Å². The van der Waals surface area contributed by atoms with Gasteiger partial charge in [0.15, 0.2) is 9.84 Å². The molecule has 0 saturated heterocycles. The van der Waals surface area contributed by atoms with Gasteiger partial charge in [-0.05, 0) is 25.1 Å². The monoisotopic (exact) mass is 291 g/mol. The van der Waals surface area contributed by atoms with E-state index in [4.69, 9.17) is 16.3 Å². The molecule has 18 heavy (non-hydrogen) atoms. The van der Waals surface area contributed by atoms with Gasteiger partial charge >= 0.3 is 0 Å². The molecule has 0 aliphatic carbocycles. The molecule has 0 spiro atoms. The van der Waals surface area contributed by atoms with Crippen molar-refractivity contribution in [3.05, 3.63) is 23.2 Å². The summed E-state index contributed by atoms with van der Waals surface area (Å²) in [6, 6.07) is 4.66. The smallest absolute Gasteiger partial charge is 0.242 e. The molecule has 1 aromatic rings. The van der Waals surface area contributed by atoms with E-state index in [0.717, 1.165) is 6.26 Å². The van der Waals surface area contributed by atoms with Gasteiger partial charge in [0.1, 0.15) is 11.0 Å². The van der Waals surface area contributed by atoms with Crippen molar-refractivity contribution < 1.29 is 17.9 Å². The van der Waals surface area contributed by atoms with Gasteiger partial charge in [0.25, 0.3) is 0 Å². The van der Waals surface area contributed by atoms with Gasteiger partial charge in [0, 0.05) is 11.9 Å². The highest BCUT2D eigenvalue weighted by molar-refractivity contribution is 7.92. The highest BCUT2D eigenvalue weighted by Crippen LogP contribution is 2.27. The third-order valence-electron chi connectivity index (χ3n) is 2.43. The number of hydrogen-bond acceptors (Lipinski definition) is 4. The van der Waals surface area contributed by atoms with Gasteiger partial charge in [0.05, 0.1) is 12.1 Å². The zero-order valence-corrected chi connectivity index (χ0v) is 11.8. The number of hydrogen-bond donors (Lipinski definition) is 1. The minimum atomic E-state index is -3.41. The summed E-state index contributed by atoms with van der Waals surface area (Å²) in [4.78, 5) is 11.7. The SMILES string of the molecule is COc1ccc(NC(=O)C(C)S(C)(=O)=O)cc1Cl. The molecule has 0 aliphatic heterocycles. The van der Waals surface area contributed by atoms with Crippen LogP contribution in [-0.4, -0.2) is 32.9 Å². The summed E-state index contributed by atoms with van der Waals surface area (Å²) in [7, 11) is -1.94. The third kappa shape index (κ3) is 3.61. The molecule has 7 heteroatoms. The topological polar surface area (TPSA) is 72.5 Å². The maximum Gasteiger partial charge on any atom is 0.242 e. The third-order valence-corrected chi connectivity index (χ3v) is 4.22. The Balaban J connectivity index is 2.86. The second-order valence-electron chi connectivity index (χ2n) is 3.81. The Labute approximate surface area is 111 Å². The fraction of sp³-hybridized carbons (Fsp3) is 0.364. The first-order valence-corrected chi connectivity index (χ1v) is 7.42. The van der Waals surface area contributed by atoms with Crippen LogP contribution in [0.5, 0.6) is 5.75 Å². The number of halogens is 1. The molecule has 100 valence electrons. The summed E-state index contributed by atoms with van der Waals surface area (Å²) in [6.07, 6.45) is 1.01. The highest BCUT2D eigenvalue weighted by atomic mass is 35.5. The Hall–Kier alpha value is -1.27. The number of carbonyl (C=O) groups is 1. The van der Waals surface area contributed by atoms with Gasteiger partial charge in [-0.15, -0.1) is 0 Å². The van der Waals surface area contributed by atoms with Crippen molar-refractivity contribution in [2.75, 3.05) is 18.7 Å². The maximum atomic E-state index is 11.7. The minimum absolute atomic E-state index is 0.335. The van der Waals surface area contributed by atoms with Gasteiger partial charge in [-0.3, -0.25) is 4.79 Å². The van der Waals surface area contributed by atoms with Gasteiger partial charge in [-0.1, -0.05) is 11.6 Å². The summed E-state index contributed by atoms with van der Waals surface area (Å²) in [5.41, 5.74) is 0.418. The van der Waals surface area contributed by atoms with E-state index in [0.29, 0.717) is 16.5 Å². The van der Waals surface area contributed by atoms with Crippen LogP contribution in [0, 0.1) is 0 Å². The molecule has 1 aromatic carbocycles. The van der Waals surface area contributed by atoms with Crippen LogP contribution >= 0.6 is 11.6 Å². The van der Waals surface area contributed by atoms with Crippen molar-refractivity contribution in [3.63, 3.8) is 0 Å². The van der Waals surface area contributed by atoms with Crippen LogP contribution in [0.25, 0.3) is 0 Å². The molecule has 1 amide bonds. The Morgan fingerprint density at radius 1 is 1.44 bits per heavy atom. The van der Waals surface area contributed by atoms with E-state index in [1.807, 2.05) is 0 Å². The molecule has 0 fully saturated rings. The van der Waals surface area contributed by atoms with E-state index < -0.39 is 21.0 Å². The number of methoxy groups -OCH3 is 1. The Kier molecular flexibility index (Phi) is 4.59. The van der Waals surface area contributed by atoms with Crippen molar-refractivity contribution in [1.82, 2.24) is 0 Å². The molecular formula is C11H14ClNO4S. The van der Waals surface area contributed by atoms with E-state index >= 15 is 0 Å². The van der Waals surface area contributed by atoms with Gasteiger partial charge in [-0.2, -0.15) is 0 Å². The molecule has 0 bridgehead atoms. The number of ether oxygens (including phenoxy) is 1. The quantitative estimate of drug-likeness (QED) is 0.917. The van der Waals surface area contributed by atoms with Crippen molar-refractivity contribution in [2.24, 2.45) is 0 Å². The van der Waals surface area contributed by atoms with E-state index in [1.165, 1.54) is 20.1 Å². The normalized spacial score (nSPS) is 12.9. The van der Waals surface area contributed by atoms with Crippen molar-refractivity contribution in [2.45, 2.75) is 12.2 Å². The Bertz CT molecular complexity index is 556. The second-order valence-corrected chi connectivity index (χ2v) is 6.58. The van der Waals surface area contributed by atoms with Crippen LogP contribution < -0.4 is 10.1 Å². The summed E-state index contributed by atoms with van der Waals surface area (Å²) in [6.45, 7) is 1.33. The average Bonchev–Trinajstić information content (AvgIpc) is 2.27. The van der Waals surface area contributed by atoms with Crippen molar-refractivity contribution in [1.29, 1.82) is 0 Å². The number of carbonyl (C=O) groups excluding carboxylic acids is 1. The molecule has 5 nitrogen and oxygen atoms in total. The summed E-state index contributed by atoms with van der Waals surface area (Å²) >= 11 is 5.89. The lowest BCUT2D eigenvalue weighted by molar-refractivity contribution is -0.115. The van der Waals surface area contributed by atoms with E-state index in [-0.39, 0.29) is 0 Å². The van der Waals surface area contributed by atoms with E-state index in [2.05, 4.69) is 5.32 Å². The van der Waals surface area contributed by atoms with Crippen molar-refractivity contribution >= 4 is 33.0 Å².